The number of carbonyl (C=O) groups is 1. The van der Waals surface area contributed by atoms with E-state index in [1.54, 1.807) is 11.8 Å². The molecule has 0 saturated carbocycles. The van der Waals surface area contributed by atoms with E-state index in [4.69, 9.17) is 6.42 Å². The van der Waals surface area contributed by atoms with Crippen molar-refractivity contribution in [2.45, 2.75) is 19.1 Å². The van der Waals surface area contributed by atoms with Crippen LogP contribution < -0.4 is 5.32 Å². The van der Waals surface area contributed by atoms with E-state index in [-0.39, 0.29) is 5.91 Å². The molecule has 0 aromatic heterocycles. The van der Waals surface area contributed by atoms with Gasteiger partial charge < -0.3 is 5.32 Å². The summed E-state index contributed by atoms with van der Waals surface area (Å²) in [5, 5.41) is 3.08. The number of terminal acetylenes is 1. The second-order valence-corrected chi connectivity index (χ2v) is 3.91. The van der Waals surface area contributed by atoms with Gasteiger partial charge in [0.1, 0.15) is 0 Å². The molecule has 2 nitrogen and oxygen atoms in total. The SMILES string of the molecule is C#CCNC(=O)CSC(C)C. The molecule has 0 spiro atoms. The van der Waals surface area contributed by atoms with Crippen LogP contribution in [0.25, 0.3) is 0 Å². The van der Waals surface area contributed by atoms with Crippen LogP contribution in [0, 0.1) is 12.3 Å². The smallest absolute Gasteiger partial charge is 0.230 e. The lowest BCUT2D eigenvalue weighted by atomic mass is 10.6. The second kappa shape index (κ2) is 6.11. The number of rotatable bonds is 4. The van der Waals surface area contributed by atoms with E-state index in [0.717, 1.165) is 0 Å². The van der Waals surface area contributed by atoms with E-state index >= 15 is 0 Å². The lowest BCUT2D eigenvalue weighted by Gasteiger charge is -2.03. The Morgan fingerprint density at radius 1 is 1.73 bits per heavy atom. The molecule has 0 atom stereocenters. The summed E-state index contributed by atoms with van der Waals surface area (Å²) in [6, 6.07) is 0. The van der Waals surface area contributed by atoms with E-state index in [0.29, 0.717) is 17.5 Å². The van der Waals surface area contributed by atoms with Crippen LogP contribution >= 0.6 is 11.8 Å². The van der Waals surface area contributed by atoms with Crippen molar-refractivity contribution in [2.24, 2.45) is 0 Å². The molecule has 1 amide bonds. The van der Waals surface area contributed by atoms with Crippen molar-refractivity contribution in [1.29, 1.82) is 0 Å². The predicted octanol–water partition coefficient (Wildman–Crippen LogP) is 0.877. The zero-order valence-corrected chi connectivity index (χ0v) is 7.70. The third-order valence-electron chi connectivity index (χ3n) is 0.935. The quantitative estimate of drug-likeness (QED) is 0.636. The summed E-state index contributed by atoms with van der Waals surface area (Å²) in [5.41, 5.74) is 0. The highest BCUT2D eigenvalue weighted by Crippen LogP contribution is 2.07. The van der Waals surface area contributed by atoms with Crippen molar-refractivity contribution in [2.75, 3.05) is 12.3 Å². The average molecular weight is 171 g/mol. The molecule has 1 N–H and O–H groups in total. The summed E-state index contributed by atoms with van der Waals surface area (Å²) < 4.78 is 0. The van der Waals surface area contributed by atoms with Crippen LogP contribution in [0.2, 0.25) is 0 Å². The van der Waals surface area contributed by atoms with Gasteiger partial charge in [0, 0.05) is 0 Å². The molecule has 0 fully saturated rings. The Kier molecular flexibility index (Phi) is 5.77. The maximum Gasteiger partial charge on any atom is 0.230 e. The van der Waals surface area contributed by atoms with Gasteiger partial charge in [-0.15, -0.1) is 18.2 Å². The topological polar surface area (TPSA) is 29.1 Å². The van der Waals surface area contributed by atoms with Gasteiger partial charge >= 0.3 is 0 Å². The fraction of sp³-hybridized carbons (Fsp3) is 0.625. The zero-order valence-electron chi connectivity index (χ0n) is 6.89. The van der Waals surface area contributed by atoms with E-state index in [1.165, 1.54) is 0 Å². The van der Waals surface area contributed by atoms with Gasteiger partial charge in [-0.1, -0.05) is 19.8 Å². The Labute approximate surface area is 72.1 Å². The van der Waals surface area contributed by atoms with Crippen molar-refractivity contribution in [3.63, 3.8) is 0 Å². The van der Waals surface area contributed by atoms with E-state index in [2.05, 4.69) is 25.1 Å². The molecule has 0 saturated heterocycles. The molecular formula is C8H13NOS. The average Bonchev–Trinajstić information content (AvgIpc) is 1.97. The lowest BCUT2D eigenvalue weighted by molar-refractivity contribution is -0.118. The van der Waals surface area contributed by atoms with Crippen LogP contribution in [0.1, 0.15) is 13.8 Å². The van der Waals surface area contributed by atoms with Crippen molar-refractivity contribution in [3.8, 4) is 12.3 Å². The molecule has 0 aromatic carbocycles. The van der Waals surface area contributed by atoms with Crippen molar-refractivity contribution in [3.05, 3.63) is 0 Å². The van der Waals surface area contributed by atoms with Crippen molar-refractivity contribution in [1.82, 2.24) is 5.32 Å². The monoisotopic (exact) mass is 171 g/mol. The van der Waals surface area contributed by atoms with Gasteiger partial charge in [-0.25, -0.2) is 0 Å². The number of hydrogen-bond acceptors (Lipinski definition) is 2. The minimum Gasteiger partial charge on any atom is -0.344 e. The summed E-state index contributed by atoms with van der Waals surface area (Å²) in [6.45, 7) is 4.44. The van der Waals surface area contributed by atoms with Crippen molar-refractivity contribution >= 4 is 17.7 Å². The van der Waals surface area contributed by atoms with Crippen molar-refractivity contribution < 1.29 is 4.79 Å². The molecule has 3 heteroatoms. The maximum absolute atomic E-state index is 10.9. The molecule has 0 rings (SSSR count). The molecule has 62 valence electrons. The van der Waals surface area contributed by atoms with Crippen LogP contribution in [0.15, 0.2) is 0 Å². The Morgan fingerprint density at radius 3 is 2.82 bits per heavy atom. The first-order chi connectivity index (χ1) is 5.16. The largest absolute Gasteiger partial charge is 0.344 e. The standard InChI is InChI=1S/C8H13NOS/c1-4-5-9-8(10)6-11-7(2)3/h1,7H,5-6H2,2-3H3,(H,9,10). The molecule has 0 aliphatic rings. The fourth-order valence-electron chi connectivity index (χ4n) is 0.443. The van der Waals surface area contributed by atoms with E-state index < -0.39 is 0 Å². The van der Waals surface area contributed by atoms with E-state index in [9.17, 15) is 4.79 Å². The molecular weight excluding hydrogens is 158 g/mol. The molecule has 0 aliphatic heterocycles. The number of nitrogens with one attached hydrogen (secondary N) is 1. The van der Waals surface area contributed by atoms with Gasteiger partial charge in [0.05, 0.1) is 12.3 Å². The predicted molar refractivity (Wildman–Crippen MR) is 49.4 cm³/mol. The van der Waals surface area contributed by atoms with Gasteiger partial charge in [0.25, 0.3) is 0 Å². The van der Waals surface area contributed by atoms with Gasteiger partial charge in [0.2, 0.25) is 5.91 Å². The normalized spacial score (nSPS) is 9.27. The van der Waals surface area contributed by atoms with Gasteiger partial charge in [-0.3, -0.25) is 4.79 Å². The summed E-state index contributed by atoms with van der Waals surface area (Å²) in [7, 11) is 0. The molecule has 0 heterocycles. The molecule has 0 aliphatic carbocycles. The second-order valence-electron chi connectivity index (χ2n) is 2.34. The first-order valence-electron chi connectivity index (χ1n) is 3.48. The third-order valence-corrected chi connectivity index (χ3v) is 2.03. The first-order valence-corrected chi connectivity index (χ1v) is 4.53. The Balaban J connectivity index is 3.32. The summed E-state index contributed by atoms with van der Waals surface area (Å²) in [5.74, 6) is 2.86. The highest BCUT2D eigenvalue weighted by molar-refractivity contribution is 8.00. The van der Waals surface area contributed by atoms with Crippen LogP contribution in [0.4, 0.5) is 0 Å². The molecule has 0 aromatic rings. The number of hydrogen-bond donors (Lipinski definition) is 1. The Bertz CT molecular complexity index is 160. The van der Waals surface area contributed by atoms with Crippen LogP contribution in [0.5, 0.6) is 0 Å². The summed E-state index contributed by atoms with van der Waals surface area (Å²) in [6.07, 6.45) is 4.96. The number of thioether (sulfide) groups is 1. The van der Waals surface area contributed by atoms with Crippen LogP contribution in [0.3, 0.4) is 0 Å². The maximum atomic E-state index is 10.9. The van der Waals surface area contributed by atoms with E-state index in [1.807, 2.05) is 0 Å². The zero-order chi connectivity index (χ0) is 8.69. The first kappa shape index (κ1) is 10.4. The number of amides is 1. The molecule has 0 bridgehead atoms. The fourth-order valence-corrected chi connectivity index (χ4v) is 1.03. The van der Waals surface area contributed by atoms with Crippen LogP contribution in [-0.4, -0.2) is 23.5 Å². The molecule has 0 radical (unpaired) electrons. The highest BCUT2D eigenvalue weighted by Gasteiger charge is 2.00. The highest BCUT2D eigenvalue weighted by atomic mass is 32.2. The summed E-state index contributed by atoms with van der Waals surface area (Å²) in [4.78, 5) is 10.9. The van der Waals surface area contributed by atoms with Gasteiger partial charge in [0.15, 0.2) is 0 Å². The minimum absolute atomic E-state index is 0.0154. The minimum atomic E-state index is 0.0154. The Hall–Kier alpha value is -0.620. The number of carbonyl (C=O) groups excluding carboxylic acids is 1. The van der Waals surface area contributed by atoms with Crippen LogP contribution in [-0.2, 0) is 4.79 Å². The summed E-state index contributed by atoms with van der Waals surface area (Å²) >= 11 is 1.61. The van der Waals surface area contributed by atoms with Gasteiger partial charge in [-0.05, 0) is 5.25 Å². The molecule has 11 heavy (non-hydrogen) atoms. The molecule has 0 unspecified atom stereocenters. The Morgan fingerprint density at radius 2 is 2.36 bits per heavy atom. The van der Waals surface area contributed by atoms with Gasteiger partial charge in [-0.2, -0.15) is 0 Å². The lowest BCUT2D eigenvalue weighted by Crippen LogP contribution is -2.25. The third kappa shape index (κ3) is 7.27.